The molecule has 2 saturated heterocycles. The smallest absolute Gasteiger partial charge is 0.357 e. The van der Waals surface area contributed by atoms with Crippen molar-refractivity contribution in [3.05, 3.63) is 30.1 Å². The number of urea groups is 1. The minimum atomic E-state index is -4.29. The molecule has 4 rings (SSSR count). The normalized spacial score (nSPS) is 28.8. The van der Waals surface area contributed by atoms with E-state index in [1.54, 1.807) is 17.9 Å². The molecule has 2 fully saturated rings. The summed E-state index contributed by atoms with van der Waals surface area (Å²) in [4.78, 5) is 22.7. The monoisotopic (exact) mass is 450 g/mol. The van der Waals surface area contributed by atoms with Crippen LogP contribution >= 0.6 is 0 Å². The second-order valence-corrected chi connectivity index (χ2v) is 8.74. The molecule has 0 N–H and O–H groups in total. The number of aliphatic imine (C=N–C) groups is 1. The summed E-state index contributed by atoms with van der Waals surface area (Å²) in [6.45, 7) is 4.94. The molecule has 0 bridgehead atoms. The number of anilines is 1. The highest BCUT2D eigenvalue weighted by molar-refractivity contribution is 6.16. The number of benzene rings is 1. The van der Waals surface area contributed by atoms with E-state index in [-0.39, 0.29) is 25.6 Å². The van der Waals surface area contributed by atoms with Crippen molar-refractivity contribution < 1.29 is 22.4 Å². The maximum Gasteiger partial charge on any atom is 0.393 e. The molecule has 2 amide bonds. The van der Waals surface area contributed by atoms with E-state index in [4.69, 9.17) is 0 Å². The molecule has 0 saturated carbocycles. The van der Waals surface area contributed by atoms with E-state index in [9.17, 15) is 22.4 Å². The molecule has 3 heterocycles. The highest BCUT2D eigenvalue weighted by atomic mass is 19.4. The molecule has 32 heavy (non-hydrogen) atoms. The third kappa shape index (κ3) is 3.96. The summed E-state index contributed by atoms with van der Waals surface area (Å²) in [7, 11) is 0. The van der Waals surface area contributed by atoms with Crippen LogP contribution in [-0.4, -0.2) is 65.6 Å². The Hall–Kier alpha value is -2.60. The van der Waals surface area contributed by atoms with E-state index in [1.807, 2.05) is 6.92 Å². The SMILES string of the molecule is CC#CCN1CCC2(CC1C)C(N1CCC(C(F)(F)F)C1)=NC(=O)N2c1cccc(F)c1. The first kappa shape index (κ1) is 22.6. The number of carbonyl (C=O) groups excluding carboxylic acids is 1. The largest absolute Gasteiger partial charge is 0.393 e. The van der Waals surface area contributed by atoms with Crippen LogP contribution in [0.2, 0.25) is 0 Å². The lowest BCUT2D eigenvalue weighted by Gasteiger charge is -2.49. The Kier molecular flexibility index (Phi) is 5.93. The molecule has 5 nitrogen and oxygen atoms in total. The van der Waals surface area contributed by atoms with Gasteiger partial charge in [-0.3, -0.25) is 9.80 Å². The van der Waals surface area contributed by atoms with Gasteiger partial charge in [-0.1, -0.05) is 12.0 Å². The molecule has 3 atom stereocenters. The summed E-state index contributed by atoms with van der Waals surface area (Å²) in [6.07, 6.45) is -3.35. The Bertz CT molecular complexity index is 982. The number of piperidine rings is 1. The number of alkyl halides is 3. The van der Waals surface area contributed by atoms with Crippen LogP contribution in [0.3, 0.4) is 0 Å². The van der Waals surface area contributed by atoms with E-state index >= 15 is 0 Å². The Balaban J connectivity index is 1.70. The van der Waals surface area contributed by atoms with Crippen LogP contribution in [0.5, 0.6) is 0 Å². The molecule has 3 unspecified atom stereocenters. The van der Waals surface area contributed by atoms with E-state index in [2.05, 4.69) is 21.7 Å². The van der Waals surface area contributed by atoms with Crippen molar-refractivity contribution in [3.8, 4) is 11.8 Å². The lowest BCUT2D eigenvalue weighted by molar-refractivity contribution is -0.169. The molecule has 0 radical (unpaired) electrons. The Morgan fingerprint density at radius 2 is 2.06 bits per heavy atom. The van der Waals surface area contributed by atoms with E-state index in [0.717, 1.165) is 0 Å². The molecule has 0 aliphatic carbocycles. The number of likely N-dealkylation sites (tertiary alicyclic amines) is 2. The number of amidine groups is 1. The first-order valence-corrected chi connectivity index (χ1v) is 10.8. The topological polar surface area (TPSA) is 39.1 Å². The zero-order valence-electron chi connectivity index (χ0n) is 18.1. The maximum atomic E-state index is 14.0. The van der Waals surface area contributed by atoms with Crippen LogP contribution in [-0.2, 0) is 0 Å². The number of hydrogen-bond acceptors (Lipinski definition) is 3. The Morgan fingerprint density at radius 3 is 2.69 bits per heavy atom. The number of halogens is 4. The van der Waals surface area contributed by atoms with Gasteiger partial charge in [0.05, 0.1) is 12.5 Å². The molecule has 3 aliphatic rings. The second kappa shape index (κ2) is 8.39. The van der Waals surface area contributed by atoms with Crippen LogP contribution in [0.1, 0.15) is 33.1 Å². The number of hydrogen-bond donors (Lipinski definition) is 0. The van der Waals surface area contributed by atoms with Crippen molar-refractivity contribution in [2.45, 2.75) is 50.9 Å². The molecule has 172 valence electrons. The van der Waals surface area contributed by atoms with Crippen LogP contribution < -0.4 is 4.90 Å². The van der Waals surface area contributed by atoms with Crippen LogP contribution in [0, 0.1) is 23.6 Å². The second-order valence-electron chi connectivity index (χ2n) is 8.74. The van der Waals surface area contributed by atoms with Gasteiger partial charge in [0.1, 0.15) is 17.2 Å². The average Bonchev–Trinajstić information content (AvgIpc) is 3.31. The van der Waals surface area contributed by atoms with Crippen LogP contribution in [0.4, 0.5) is 28.0 Å². The third-order valence-electron chi connectivity index (χ3n) is 6.78. The fourth-order valence-electron chi connectivity index (χ4n) is 5.18. The number of amides is 2. The highest BCUT2D eigenvalue weighted by Crippen LogP contribution is 2.44. The number of rotatable bonds is 2. The van der Waals surface area contributed by atoms with Gasteiger partial charge in [-0.05, 0) is 51.3 Å². The van der Waals surface area contributed by atoms with Gasteiger partial charge in [-0.25, -0.2) is 9.18 Å². The molecule has 9 heteroatoms. The first-order valence-electron chi connectivity index (χ1n) is 10.8. The van der Waals surface area contributed by atoms with Gasteiger partial charge in [-0.15, -0.1) is 5.92 Å². The lowest BCUT2D eigenvalue weighted by atomic mass is 9.80. The lowest BCUT2D eigenvalue weighted by Crippen LogP contribution is -2.63. The van der Waals surface area contributed by atoms with Crippen molar-refractivity contribution >= 4 is 17.6 Å². The van der Waals surface area contributed by atoms with Gasteiger partial charge in [0.25, 0.3) is 0 Å². The predicted molar refractivity (Wildman–Crippen MR) is 114 cm³/mol. The van der Waals surface area contributed by atoms with Crippen molar-refractivity contribution in [1.82, 2.24) is 9.80 Å². The average molecular weight is 450 g/mol. The van der Waals surface area contributed by atoms with Gasteiger partial charge >= 0.3 is 12.2 Å². The fraction of sp³-hybridized carbons (Fsp3) is 0.565. The number of carbonyl (C=O) groups is 1. The highest BCUT2D eigenvalue weighted by Gasteiger charge is 2.56. The van der Waals surface area contributed by atoms with Crippen molar-refractivity contribution in [2.75, 3.05) is 31.1 Å². The molecular weight excluding hydrogens is 424 g/mol. The standard InChI is InChI=1S/C23H26F4N4O/c1-3-4-10-29-12-9-22(14-16(29)2)20(30-11-8-17(15-30)23(25,26)27)28-21(32)31(22)19-7-5-6-18(24)13-19/h5-7,13,16-17H,8-12,14-15H2,1-2H3. The predicted octanol–water partition coefficient (Wildman–Crippen LogP) is 4.29. The summed E-state index contributed by atoms with van der Waals surface area (Å²) in [5, 5.41) is 0. The summed E-state index contributed by atoms with van der Waals surface area (Å²) in [5.74, 6) is 4.39. The first-order chi connectivity index (χ1) is 15.2. The minimum absolute atomic E-state index is 0.0118. The molecule has 3 aliphatic heterocycles. The maximum absolute atomic E-state index is 14.0. The van der Waals surface area contributed by atoms with E-state index in [0.29, 0.717) is 37.5 Å². The zero-order chi connectivity index (χ0) is 23.1. The third-order valence-corrected chi connectivity index (χ3v) is 6.78. The molecular formula is C23H26F4N4O. The van der Waals surface area contributed by atoms with Gasteiger partial charge in [0.2, 0.25) is 0 Å². The minimum Gasteiger partial charge on any atom is -0.357 e. The molecule has 1 aromatic rings. The molecule has 1 aromatic carbocycles. The van der Waals surface area contributed by atoms with Crippen molar-refractivity contribution in [2.24, 2.45) is 10.9 Å². The van der Waals surface area contributed by atoms with Gasteiger partial charge in [-0.2, -0.15) is 18.2 Å². The summed E-state index contributed by atoms with van der Waals surface area (Å²) >= 11 is 0. The fourth-order valence-corrected chi connectivity index (χ4v) is 5.18. The van der Waals surface area contributed by atoms with Crippen LogP contribution in [0.15, 0.2) is 29.3 Å². The van der Waals surface area contributed by atoms with Crippen molar-refractivity contribution in [1.29, 1.82) is 0 Å². The van der Waals surface area contributed by atoms with Gasteiger partial charge < -0.3 is 4.90 Å². The quantitative estimate of drug-likeness (QED) is 0.498. The van der Waals surface area contributed by atoms with Gasteiger partial charge in [0.15, 0.2) is 0 Å². The zero-order valence-corrected chi connectivity index (χ0v) is 18.1. The summed E-state index contributed by atoms with van der Waals surface area (Å²) in [5.41, 5.74) is -0.546. The summed E-state index contributed by atoms with van der Waals surface area (Å²) < 4.78 is 54.1. The molecule has 1 spiro atoms. The van der Waals surface area contributed by atoms with Crippen LogP contribution in [0.25, 0.3) is 0 Å². The summed E-state index contributed by atoms with van der Waals surface area (Å²) in [6, 6.07) is 5.19. The van der Waals surface area contributed by atoms with E-state index < -0.39 is 29.5 Å². The van der Waals surface area contributed by atoms with Crippen molar-refractivity contribution in [3.63, 3.8) is 0 Å². The Morgan fingerprint density at radius 1 is 1.28 bits per heavy atom. The molecule has 0 aromatic heterocycles. The van der Waals surface area contributed by atoms with E-state index in [1.165, 1.54) is 23.1 Å². The van der Waals surface area contributed by atoms with Gasteiger partial charge in [0, 0.05) is 31.4 Å². The number of nitrogens with zero attached hydrogens (tertiary/aromatic N) is 4. The Labute approximate surface area is 185 Å².